The van der Waals surface area contributed by atoms with Crippen molar-refractivity contribution in [1.82, 2.24) is 0 Å². The maximum Gasteiger partial charge on any atom is 0.307 e. The number of benzene rings is 1. The molecule has 1 aromatic rings. The van der Waals surface area contributed by atoms with E-state index in [0.717, 1.165) is 0 Å². The molecule has 94 valence electrons. The van der Waals surface area contributed by atoms with Gasteiger partial charge in [-0.05, 0) is 24.1 Å². The first-order chi connectivity index (χ1) is 7.95. The van der Waals surface area contributed by atoms with Gasteiger partial charge in [0.1, 0.15) is 0 Å². The number of sulfone groups is 1. The number of rotatable bonds is 6. The zero-order valence-corrected chi connectivity index (χ0v) is 9.91. The zero-order valence-electron chi connectivity index (χ0n) is 9.10. The fourth-order valence-electron chi connectivity index (χ4n) is 1.35. The highest BCUT2D eigenvalue weighted by atomic mass is 32.2. The molecule has 0 spiro atoms. The van der Waals surface area contributed by atoms with E-state index >= 15 is 0 Å². The van der Waals surface area contributed by atoms with E-state index in [4.69, 9.17) is 5.11 Å². The van der Waals surface area contributed by atoms with E-state index in [1.54, 1.807) is 0 Å². The molecule has 1 aromatic carbocycles. The molecule has 0 unspecified atom stereocenters. The molecule has 0 fully saturated rings. The van der Waals surface area contributed by atoms with Crippen molar-refractivity contribution in [3.05, 3.63) is 29.8 Å². The predicted octanol–water partition coefficient (Wildman–Crippen LogP) is 1.45. The first kappa shape index (κ1) is 13.6. The maximum absolute atomic E-state index is 11.9. The lowest BCUT2D eigenvalue weighted by Gasteiger charge is -2.04. The summed E-state index contributed by atoms with van der Waals surface area (Å²) in [6, 6.07) is 5.62. The Labute approximate surface area is 99.0 Å². The van der Waals surface area contributed by atoms with Crippen molar-refractivity contribution in [3.8, 4) is 0 Å². The van der Waals surface area contributed by atoms with Crippen LogP contribution in [0.15, 0.2) is 29.2 Å². The number of halogens is 1. The van der Waals surface area contributed by atoms with Crippen LogP contribution in [0.2, 0.25) is 0 Å². The lowest BCUT2D eigenvalue weighted by molar-refractivity contribution is -0.136. The number of carbonyl (C=O) groups is 1. The Kier molecular flexibility index (Phi) is 4.62. The summed E-state index contributed by atoms with van der Waals surface area (Å²) in [5.74, 6) is -1.21. The summed E-state index contributed by atoms with van der Waals surface area (Å²) >= 11 is 0. The Bertz CT molecular complexity index is 479. The molecular formula is C11H13FO4S. The van der Waals surface area contributed by atoms with Crippen molar-refractivity contribution in [1.29, 1.82) is 0 Å². The molecule has 1 N–H and O–H groups in total. The third-order valence-electron chi connectivity index (χ3n) is 2.18. The van der Waals surface area contributed by atoms with Gasteiger partial charge < -0.3 is 5.11 Å². The number of alkyl halides is 1. The molecule has 0 aliphatic rings. The van der Waals surface area contributed by atoms with Crippen molar-refractivity contribution in [2.45, 2.75) is 17.7 Å². The smallest absolute Gasteiger partial charge is 0.307 e. The van der Waals surface area contributed by atoms with Gasteiger partial charge in [0, 0.05) is 0 Å². The van der Waals surface area contributed by atoms with Gasteiger partial charge in [-0.25, -0.2) is 8.42 Å². The van der Waals surface area contributed by atoms with Crippen LogP contribution in [-0.2, 0) is 21.1 Å². The van der Waals surface area contributed by atoms with E-state index in [1.165, 1.54) is 24.3 Å². The van der Waals surface area contributed by atoms with Crippen LogP contribution in [0.25, 0.3) is 0 Å². The van der Waals surface area contributed by atoms with Gasteiger partial charge in [0.2, 0.25) is 0 Å². The van der Waals surface area contributed by atoms with E-state index in [-0.39, 0.29) is 23.5 Å². The second-order valence-corrected chi connectivity index (χ2v) is 5.69. The SMILES string of the molecule is O=C(O)Cc1ccc(S(=O)(=O)CCCF)cc1. The fourth-order valence-corrected chi connectivity index (χ4v) is 2.63. The number of aliphatic carboxylic acids is 1. The van der Waals surface area contributed by atoms with E-state index in [9.17, 15) is 17.6 Å². The highest BCUT2D eigenvalue weighted by Gasteiger charge is 2.13. The van der Waals surface area contributed by atoms with Crippen LogP contribution < -0.4 is 0 Å². The number of carboxylic acids is 1. The summed E-state index contributed by atoms with van der Waals surface area (Å²) < 4.78 is 35.2. The number of hydrogen-bond acceptors (Lipinski definition) is 3. The molecule has 0 amide bonds. The quantitative estimate of drug-likeness (QED) is 0.840. The standard InChI is InChI=1S/C11H13FO4S/c12-6-1-7-17(15,16)10-4-2-9(3-5-10)8-11(13)14/h2-5H,1,6-8H2,(H,13,14). The average molecular weight is 260 g/mol. The Balaban J connectivity index is 2.83. The minimum absolute atomic E-state index is 0.0286. The molecule has 1 rings (SSSR count). The van der Waals surface area contributed by atoms with E-state index in [1.807, 2.05) is 0 Å². The van der Waals surface area contributed by atoms with Gasteiger partial charge in [0.05, 0.1) is 23.7 Å². The van der Waals surface area contributed by atoms with Gasteiger partial charge in [-0.1, -0.05) is 12.1 Å². The topological polar surface area (TPSA) is 71.4 Å². The van der Waals surface area contributed by atoms with Crippen LogP contribution in [0.3, 0.4) is 0 Å². The molecule has 0 saturated carbocycles. The van der Waals surface area contributed by atoms with Crippen LogP contribution in [0.1, 0.15) is 12.0 Å². The van der Waals surface area contributed by atoms with Crippen LogP contribution in [0.5, 0.6) is 0 Å². The largest absolute Gasteiger partial charge is 0.481 e. The summed E-state index contributed by atoms with van der Waals surface area (Å²) in [7, 11) is -3.46. The lowest BCUT2D eigenvalue weighted by atomic mass is 10.2. The molecule has 0 aromatic heterocycles. The monoisotopic (exact) mass is 260 g/mol. The van der Waals surface area contributed by atoms with Gasteiger partial charge in [-0.3, -0.25) is 9.18 Å². The molecule has 0 aliphatic heterocycles. The van der Waals surface area contributed by atoms with Crippen molar-refractivity contribution < 1.29 is 22.7 Å². The first-order valence-corrected chi connectivity index (χ1v) is 6.70. The molecular weight excluding hydrogens is 247 g/mol. The van der Waals surface area contributed by atoms with E-state index in [0.29, 0.717) is 5.56 Å². The zero-order chi connectivity index (χ0) is 12.9. The molecule has 0 atom stereocenters. The van der Waals surface area contributed by atoms with Gasteiger partial charge in [-0.2, -0.15) is 0 Å². The van der Waals surface area contributed by atoms with Crippen molar-refractivity contribution in [2.24, 2.45) is 0 Å². The molecule has 0 radical (unpaired) electrons. The summed E-state index contributed by atoms with van der Waals surface area (Å²) in [4.78, 5) is 10.5. The lowest BCUT2D eigenvalue weighted by Crippen LogP contribution is -2.08. The third kappa shape index (κ3) is 4.14. The van der Waals surface area contributed by atoms with Crippen LogP contribution >= 0.6 is 0 Å². The molecule has 0 saturated heterocycles. The minimum atomic E-state index is -3.46. The summed E-state index contributed by atoms with van der Waals surface area (Å²) in [5.41, 5.74) is 0.530. The average Bonchev–Trinajstić information content (AvgIpc) is 2.26. The van der Waals surface area contributed by atoms with Gasteiger partial charge in [0.25, 0.3) is 0 Å². The van der Waals surface area contributed by atoms with Crippen molar-refractivity contribution in [2.75, 3.05) is 12.4 Å². The third-order valence-corrected chi connectivity index (χ3v) is 4.00. The Morgan fingerprint density at radius 3 is 2.29 bits per heavy atom. The highest BCUT2D eigenvalue weighted by molar-refractivity contribution is 7.91. The minimum Gasteiger partial charge on any atom is -0.481 e. The maximum atomic E-state index is 11.9. The van der Waals surface area contributed by atoms with Crippen molar-refractivity contribution in [3.63, 3.8) is 0 Å². The van der Waals surface area contributed by atoms with Gasteiger partial charge in [-0.15, -0.1) is 0 Å². The summed E-state index contributed by atoms with van der Waals surface area (Å²) in [6.45, 7) is -0.670. The fraction of sp³-hybridized carbons (Fsp3) is 0.364. The van der Waals surface area contributed by atoms with Gasteiger partial charge >= 0.3 is 5.97 Å². The highest BCUT2D eigenvalue weighted by Crippen LogP contribution is 2.13. The molecule has 0 heterocycles. The Morgan fingerprint density at radius 1 is 1.24 bits per heavy atom. The van der Waals surface area contributed by atoms with Crippen LogP contribution in [-0.4, -0.2) is 31.9 Å². The van der Waals surface area contributed by atoms with E-state index < -0.39 is 22.5 Å². The molecule has 0 bridgehead atoms. The van der Waals surface area contributed by atoms with Gasteiger partial charge in [0.15, 0.2) is 9.84 Å². The summed E-state index contributed by atoms with van der Waals surface area (Å²) in [6.07, 6.45) is -0.177. The van der Waals surface area contributed by atoms with E-state index in [2.05, 4.69) is 0 Å². The molecule has 4 nitrogen and oxygen atoms in total. The molecule has 17 heavy (non-hydrogen) atoms. The second kappa shape index (κ2) is 5.77. The van der Waals surface area contributed by atoms with Crippen LogP contribution in [0, 0.1) is 0 Å². The predicted molar refractivity (Wildman–Crippen MR) is 60.4 cm³/mol. The molecule has 0 aliphatic carbocycles. The molecule has 6 heteroatoms. The second-order valence-electron chi connectivity index (χ2n) is 3.58. The Morgan fingerprint density at radius 2 is 1.82 bits per heavy atom. The normalized spacial score (nSPS) is 11.4. The van der Waals surface area contributed by atoms with Crippen molar-refractivity contribution >= 4 is 15.8 Å². The van der Waals surface area contributed by atoms with Crippen LogP contribution in [0.4, 0.5) is 4.39 Å². The summed E-state index contributed by atoms with van der Waals surface area (Å²) in [5, 5.41) is 8.55. The number of carboxylic acid groups (broad SMARTS) is 1. The Hall–Kier alpha value is -1.43. The number of hydrogen-bond donors (Lipinski definition) is 1. The first-order valence-electron chi connectivity index (χ1n) is 5.05.